The van der Waals surface area contributed by atoms with Gasteiger partial charge in [-0.2, -0.15) is 0 Å². The molecule has 2 heterocycles. The average molecular weight is 239 g/mol. The molecule has 1 aliphatic heterocycles. The fourth-order valence-corrected chi connectivity index (χ4v) is 2.33. The standard InChI is InChI=1S/C10H13N3O2S/c1-6(14)8-5-16-10(12-8)13-9(15)7-2-3-11-4-7/h5,7,11H,2-4H2,1H3,(H,12,13,15). The maximum Gasteiger partial charge on any atom is 0.230 e. The first-order valence-corrected chi connectivity index (χ1v) is 6.03. The van der Waals surface area contributed by atoms with Crippen LogP contribution in [-0.2, 0) is 4.79 Å². The largest absolute Gasteiger partial charge is 0.316 e. The van der Waals surface area contributed by atoms with Gasteiger partial charge in [-0.1, -0.05) is 0 Å². The molecule has 5 nitrogen and oxygen atoms in total. The Balaban J connectivity index is 1.97. The molecule has 1 aliphatic rings. The minimum atomic E-state index is -0.0840. The van der Waals surface area contributed by atoms with Crippen molar-refractivity contribution in [1.82, 2.24) is 10.3 Å². The van der Waals surface area contributed by atoms with Crippen molar-refractivity contribution in [3.05, 3.63) is 11.1 Å². The Kier molecular flexibility index (Phi) is 3.31. The highest BCUT2D eigenvalue weighted by atomic mass is 32.1. The van der Waals surface area contributed by atoms with Crippen LogP contribution in [0.3, 0.4) is 0 Å². The molecule has 0 aliphatic carbocycles. The van der Waals surface area contributed by atoms with Crippen molar-refractivity contribution in [2.75, 3.05) is 18.4 Å². The van der Waals surface area contributed by atoms with Gasteiger partial charge in [0.2, 0.25) is 5.91 Å². The molecule has 86 valence electrons. The molecule has 1 unspecified atom stereocenters. The zero-order chi connectivity index (χ0) is 11.5. The molecule has 0 aromatic carbocycles. The van der Waals surface area contributed by atoms with Crippen molar-refractivity contribution < 1.29 is 9.59 Å². The zero-order valence-electron chi connectivity index (χ0n) is 8.95. The predicted octanol–water partition coefficient (Wildman–Crippen LogP) is 0.894. The van der Waals surface area contributed by atoms with Crippen molar-refractivity contribution in [2.24, 2.45) is 5.92 Å². The molecule has 1 aromatic rings. The lowest BCUT2D eigenvalue weighted by molar-refractivity contribution is -0.119. The molecule has 2 N–H and O–H groups in total. The molecule has 0 saturated carbocycles. The third kappa shape index (κ3) is 2.45. The van der Waals surface area contributed by atoms with Crippen molar-refractivity contribution in [2.45, 2.75) is 13.3 Å². The molecule has 1 aromatic heterocycles. The summed E-state index contributed by atoms with van der Waals surface area (Å²) in [6.07, 6.45) is 0.858. The van der Waals surface area contributed by atoms with E-state index >= 15 is 0 Å². The fourth-order valence-electron chi connectivity index (χ4n) is 1.58. The minimum absolute atomic E-state index is 0.0182. The maximum atomic E-state index is 11.7. The van der Waals surface area contributed by atoms with Crippen molar-refractivity contribution >= 4 is 28.2 Å². The Morgan fingerprint density at radius 1 is 1.62 bits per heavy atom. The normalized spacial score (nSPS) is 19.7. The molecule has 1 atom stereocenters. The molecular formula is C10H13N3O2S. The van der Waals surface area contributed by atoms with Gasteiger partial charge < -0.3 is 10.6 Å². The summed E-state index contributed by atoms with van der Waals surface area (Å²) in [5.41, 5.74) is 0.407. The lowest BCUT2D eigenvalue weighted by atomic mass is 10.1. The van der Waals surface area contributed by atoms with E-state index in [-0.39, 0.29) is 17.6 Å². The number of Topliss-reactive ketones (excluding diaryl/α,β-unsaturated/α-hetero) is 1. The van der Waals surface area contributed by atoms with Gasteiger partial charge in [0.15, 0.2) is 10.9 Å². The summed E-state index contributed by atoms with van der Waals surface area (Å²) in [4.78, 5) is 26.8. The summed E-state index contributed by atoms with van der Waals surface area (Å²) >= 11 is 1.28. The number of hydrogen-bond acceptors (Lipinski definition) is 5. The summed E-state index contributed by atoms with van der Waals surface area (Å²) in [6, 6.07) is 0. The molecule has 16 heavy (non-hydrogen) atoms. The zero-order valence-corrected chi connectivity index (χ0v) is 9.76. The van der Waals surface area contributed by atoms with Crippen LogP contribution in [-0.4, -0.2) is 29.8 Å². The number of hydrogen-bond donors (Lipinski definition) is 2. The number of rotatable bonds is 3. The number of ketones is 1. The highest BCUT2D eigenvalue weighted by Crippen LogP contribution is 2.18. The minimum Gasteiger partial charge on any atom is -0.316 e. The number of nitrogens with zero attached hydrogens (tertiary/aromatic N) is 1. The lowest BCUT2D eigenvalue weighted by Crippen LogP contribution is -2.24. The highest BCUT2D eigenvalue weighted by molar-refractivity contribution is 7.14. The fraction of sp³-hybridized carbons (Fsp3) is 0.500. The van der Waals surface area contributed by atoms with Crippen molar-refractivity contribution in [1.29, 1.82) is 0 Å². The van der Waals surface area contributed by atoms with Gasteiger partial charge in [0.25, 0.3) is 0 Å². The summed E-state index contributed by atoms with van der Waals surface area (Å²) in [6.45, 7) is 3.06. The summed E-state index contributed by atoms with van der Waals surface area (Å²) in [7, 11) is 0. The first-order chi connectivity index (χ1) is 7.66. The van der Waals surface area contributed by atoms with Gasteiger partial charge in [-0.3, -0.25) is 9.59 Å². The second kappa shape index (κ2) is 4.71. The lowest BCUT2D eigenvalue weighted by Gasteiger charge is -2.06. The molecule has 2 rings (SSSR count). The van der Waals surface area contributed by atoms with E-state index in [2.05, 4.69) is 15.6 Å². The predicted molar refractivity (Wildman–Crippen MR) is 61.7 cm³/mol. The summed E-state index contributed by atoms with van der Waals surface area (Å²) in [5.74, 6) is -0.0848. The number of carbonyl (C=O) groups is 2. The molecule has 1 fully saturated rings. The van der Waals surface area contributed by atoms with E-state index in [0.29, 0.717) is 10.8 Å². The average Bonchev–Trinajstić information content (AvgIpc) is 2.87. The Bertz CT molecular complexity index is 410. The van der Waals surface area contributed by atoms with E-state index in [1.165, 1.54) is 18.3 Å². The molecule has 0 spiro atoms. The number of aromatic nitrogens is 1. The van der Waals surface area contributed by atoms with Gasteiger partial charge in [0, 0.05) is 18.8 Å². The van der Waals surface area contributed by atoms with E-state index in [9.17, 15) is 9.59 Å². The number of carbonyl (C=O) groups excluding carboxylic acids is 2. The third-order valence-electron chi connectivity index (χ3n) is 2.53. The molecular weight excluding hydrogens is 226 g/mol. The van der Waals surface area contributed by atoms with E-state index in [1.54, 1.807) is 5.38 Å². The second-order valence-corrected chi connectivity index (χ2v) is 4.63. The first kappa shape index (κ1) is 11.2. The Morgan fingerprint density at radius 3 is 3.00 bits per heavy atom. The van der Waals surface area contributed by atoms with Crippen molar-refractivity contribution in [3.63, 3.8) is 0 Å². The van der Waals surface area contributed by atoms with E-state index in [4.69, 9.17) is 0 Å². The maximum absolute atomic E-state index is 11.7. The first-order valence-electron chi connectivity index (χ1n) is 5.15. The molecule has 0 radical (unpaired) electrons. The SMILES string of the molecule is CC(=O)c1csc(NC(=O)C2CCNC2)n1. The van der Waals surface area contributed by atoms with Crippen LogP contribution in [0.15, 0.2) is 5.38 Å². The molecule has 1 amide bonds. The van der Waals surface area contributed by atoms with Crippen LogP contribution in [0.4, 0.5) is 5.13 Å². The number of anilines is 1. The number of thiazole rings is 1. The van der Waals surface area contributed by atoms with Crippen LogP contribution in [0.25, 0.3) is 0 Å². The van der Waals surface area contributed by atoms with Crippen LogP contribution in [0, 0.1) is 5.92 Å². The Morgan fingerprint density at radius 2 is 2.44 bits per heavy atom. The molecule has 0 bridgehead atoms. The number of amides is 1. The Labute approximate surface area is 97.3 Å². The van der Waals surface area contributed by atoms with E-state index < -0.39 is 0 Å². The summed E-state index contributed by atoms with van der Waals surface area (Å²) < 4.78 is 0. The summed E-state index contributed by atoms with van der Waals surface area (Å²) in [5, 5.41) is 8.03. The van der Waals surface area contributed by atoms with Gasteiger partial charge in [-0.25, -0.2) is 4.98 Å². The van der Waals surface area contributed by atoms with Gasteiger partial charge >= 0.3 is 0 Å². The van der Waals surface area contributed by atoms with Gasteiger partial charge in [0.1, 0.15) is 5.69 Å². The van der Waals surface area contributed by atoms with Crippen LogP contribution in [0.5, 0.6) is 0 Å². The number of nitrogens with one attached hydrogen (secondary N) is 2. The Hall–Kier alpha value is -1.27. The van der Waals surface area contributed by atoms with Crippen LogP contribution in [0.1, 0.15) is 23.8 Å². The van der Waals surface area contributed by atoms with Crippen molar-refractivity contribution in [3.8, 4) is 0 Å². The van der Waals surface area contributed by atoms with Crippen LogP contribution < -0.4 is 10.6 Å². The van der Waals surface area contributed by atoms with Gasteiger partial charge in [0.05, 0.1) is 5.92 Å². The quantitative estimate of drug-likeness (QED) is 0.769. The molecule has 6 heteroatoms. The third-order valence-corrected chi connectivity index (χ3v) is 3.28. The topological polar surface area (TPSA) is 71.1 Å². The van der Waals surface area contributed by atoms with Crippen LogP contribution in [0.2, 0.25) is 0 Å². The van der Waals surface area contributed by atoms with Gasteiger partial charge in [-0.15, -0.1) is 11.3 Å². The second-order valence-electron chi connectivity index (χ2n) is 3.77. The highest BCUT2D eigenvalue weighted by Gasteiger charge is 2.23. The smallest absolute Gasteiger partial charge is 0.230 e. The van der Waals surface area contributed by atoms with Gasteiger partial charge in [-0.05, 0) is 13.0 Å². The van der Waals surface area contributed by atoms with Crippen LogP contribution >= 0.6 is 11.3 Å². The monoisotopic (exact) mass is 239 g/mol. The van der Waals surface area contributed by atoms with E-state index in [0.717, 1.165) is 19.5 Å². The van der Waals surface area contributed by atoms with E-state index in [1.807, 2.05) is 0 Å². The molecule has 1 saturated heterocycles.